The van der Waals surface area contributed by atoms with Crippen LogP contribution < -0.4 is 16.7 Å². The molecule has 1 N–H and O–H groups in total. The van der Waals surface area contributed by atoms with Gasteiger partial charge in [0.15, 0.2) is 11.2 Å². The van der Waals surface area contributed by atoms with Crippen LogP contribution in [0.1, 0.15) is 31.2 Å². The van der Waals surface area contributed by atoms with Gasteiger partial charge >= 0.3 is 5.69 Å². The van der Waals surface area contributed by atoms with E-state index in [1.54, 1.807) is 17.7 Å². The summed E-state index contributed by atoms with van der Waals surface area (Å²) in [6.07, 6.45) is 4.17. The van der Waals surface area contributed by atoms with E-state index in [0.717, 1.165) is 41.5 Å². The number of aromatic nitrogens is 4. The van der Waals surface area contributed by atoms with Crippen molar-refractivity contribution >= 4 is 34.4 Å². The molecular weight excluding hydrogens is 380 g/mol. The molecule has 1 aliphatic carbocycles. The van der Waals surface area contributed by atoms with Gasteiger partial charge in [0.25, 0.3) is 5.56 Å². The molecule has 0 aliphatic heterocycles. The molecule has 0 spiro atoms. The Morgan fingerprint density at radius 3 is 2.57 bits per heavy atom. The number of anilines is 1. The fourth-order valence-electron chi connectivity index (χ4n) is 3.51. The number of nitrogens with zero attached hydrogens (tertiary/aromatic N) is 5. The molecule has 8 nitrogen and oxygen atoms in total. The van der Waals surface area contributed by atoms with E-state index in [1.165, 1.54) is 11.6 Å². The Balaban J connectivity index is 1.91. The second-order valence-electron chi connectivity index (χ2n) is 6.99. The predicted molar refractivity (Wildman–Crippen MR) is 110 cm³/mol. The number of halogens is 1. The summed E-state index contributed by atoms with van der Waals surface area (Å²) in [5.41, 5.74) is 4.76. The van der Waals surface area contributed by atoms with Gasteiger partial charge < -0.3 is 0 Å². The highest BCUT2D eigenvalue weighted by molar-refractivity contribution is 6.31. The van der Waals surface area contributed by atoms with Crippen molar-refractivity contribution < 1.29 is 0 Å². The topological polar surface area (TPSA) is 86.2 Å². The van der Waals surface area contributed by atoms with Crippen LogP contribution in [-0.2, 0) is 20.6 Å². The summed E-state index contributed by atoms with van der Waals surface area (Å²) in [6, 6.07) is 7.44. The Hall–Kier alpha value is -2.87. The molecule has 28 heavy (non-hydrogen) atoms. The molecule has 2 heterocycles. The van der Waals surface area contributed by atoms with Crippen LogP contribution in [0.2, 0.25) is 5.02 Å². The van der Waals surface area contributed by atoms with E-state index in [2.05, 4.69) is 15.5 Å². The summed E-state index contributed by atoms with van der Waals surface area (Å²) in [5.74, 6) is 0.410. The zero-order chi connectivity index (χ0) is 19.8. The summed E-state index contributed by atoms with van der Waals surface area (Å²) in [5, 5.41) is 5.07. The van der Waals surface area contributed by atoms with Crippen molar-refractivity contribution in [3.05, 3.63) is 55.7 Å². The average Bonchev–Trinajstić information content (AvgIpc) is 3.33. The van der Waals surface area contributed by atoms with Crippen LogP contribution in [0.25, 0.3) is 11.2 Å². The molecule has 1 saturated carbocycles. The third-order valence-corrected chi connectivity index (χ3v) is 5.50. The highest BCUT2D eigenvalue weighted by Gasteiger charge is 2.20. The van der Waals surface area contributed by atoms with E-state index < -0.39 is 11.2 Å². The molecule has 146 valence electrons. The van der Waals surface area contributed by atoms with E-state index in [1.807, 2.05) is 18.2 Å². The van der Waals surface area contributed by atoms with Crippen LogP contribution >= 0.6 is 11.6 Å². The van der Waals surface area contributed by atoms with Crippen LogP contribution in [0.5, 0.6) is 0 Å². The van der Waals surface area contributed by atoms with Crippen LogP contribution in [0.15, 0.2) is 39.0 Å². The number of hydrogen-bond acceptors (Lipinski definition) is 5. The standard InChI is InChI=1S/C19H21ClN6O2/c1-24-16-15(17(27)25(2)19(24)28)26(11-12-7-3-6-10-14(12)20)18(21-16)23-22-13-8-4-5-9-13/h3,6-7,10H,4-5,8-9,11H2,1-2H3,(H,21,23). The largest absolute Gasteiger partial charge is 0.332 e. The van der Waals surface area contributed by atoms with Crippen LogP contribution in [0.4, 0.5) is 5.95 Å². The van der Waals surface area contributed by atoms with Crippen molar-refractivity contribution in [1.82, 2.24) is 18.7 Å². The second-order valence-corrected chi connectivity index (χ2v) is 7.40. The molecule has 1 fully saturated rings. The minimum absolute atomic E-state index is 0.314. The van der Waals surface area contributed by atoms with Crippen LogP contribution in [0.3, 0.4) is 0 Å². The minimum Gasteiger partial charge on any atom is -0.298 e. The Kier molecular flexibility index (Phi) is 4.80. The van der Waals surface area contributed by atoms with Crippen molar-refractivity contribution in [3.63, 3.8) is 0 Å². The monoisotopic (exact) mass is 400 g/mol. The Morgan fingerprint density at radius 1 is 1.14 bits per heavy atom. The fourth-order valence-corrected chi connectivity index (χ4v) is 3.70. The molecule has 0 amide bonds. The number of hydrogen-bond donors (Lipinski definition) is 1. The number of benzene rings is 1. The summed E-state index contributed by atoms with van der Waals surface area (Å²) >= 11 is 6.33. The predicted octanol–water partition coefficient (Wildman–Crippen LogP) is 2.48. The van der Waals surface area contributed by atoms with Crippen molar-refractivity contribution in [3.8, 4) is 0 Å². The van der Waals surface area contributed by atoms with Gasteiger partial charge in [-0.1, -0.05) is 29.8 Å². The van der Waals surface area contributed by atoms with E-state index >= 15 is 0 Å². The SMILES string of the molecule is Cn1c(=O)c2c(nc(NN=C3CCCC3)n2Cc2ccccc2Cl)n(C)c1=O. The van der Waals surface area contributed by atoms with Gasteiger partial charge in [0.05, 0.1) is 6.54 Å². The lowest BCUT2D eigenvalue weighted by atomic mass is 10.2. The lowest BCUT2D eigenvalue weighted by Gasteiger charge is -2.10. The number of imidazole rings is 1. The minimum atomic E-state index is -0.423. The highest BCUT2D eigenvalue weighted by atomic mass is 35.5. The molecular formula is C19H21ClN6O2. The van der Waals surface area contributed by atoms with E-state index in [-0.39, 0.29) is 0 Å². The van der Waals surface area contributed by atoms with Gasteiger partial charge in [-0.15, -0.1) is 0 Å². The van der Waals surface area contributed by atoms with Gasteiger partial charge in [0.2, 0.25) is 5.95 Å². The molecule has 0 unspecified atom stereocenters. The molecule has 1 aliphatic rings. The van der Waals surface area contributed by atoms with Crippen LogP contribution in [0, 0.1) is 0 Å². The quantitative estimate of drug-likeness (QED) is 0.681. The maximum atomic E-state index is 12.9. The number of hydrazone groups is 1. The third kappa shape index (κ3) is 3.13. The van der Waals surface area contributed by atoms with E-state index in [4.69, 9.17) is 11.6 Å². The first-order valence-corrected chi connectivity index (χ1v) is 9.56. The third-order valence-electron chi connectivity index (χ3n) is 5.13. The Bertz CT molecular complexity index is 1200. The first kappa shape index (κ1) is 18.5. The van der Waals surface area contributed by atoms with E-state index in [9.17, 15) is 9.59 Å². The first-order chi connectivity index (χ1) is 13.5. The molecule has 2 aromatic heterocycles. The maximum Gasteiger partial charge on any atom is 0.332 e. The Labute approximate surface area is 166 Å². The van der Waals surface area contributed by atoms with Gasteiger partial charge in [-0.3, -0.25) is 18.5 Å². The summed E-state index contributed by atoms with van der Waals surface area (Å²) in [4.78, 5) is 29.7. The number of nitrogens with one attached hydrogen (secondary N) is 1. The molecule has 4 rings (SSSR count). The molecule has 0 bridgehead atoms. The van der Waals surface area contributed by atoms with Crippen molar-refractivity contribution in [2.45, 2.75) is 32.2 Å². The van der Waals surface area contributed by atoms with Crippen molar-refractivity contribution in [2.24, 2.45) is 19.2 Å². The lowest BCUT2D eigenvalue weighted by molar-refractivity contribution is 0.702. The zero-order valence-corrected chi connectivity index (χ0v) is 16.5. The van der Waals surface area contributed by atoms with Gasteiger partial charge in [-0.05, 0) is 37.3 Å². The summed E-state index contributed by atoms with van der Waals surface area (Å²) < 4.78 is 4.19. The normalized spacial score (nSPS) is 14.0. The first-order valence-electron chi connectivity index (χ1n) is 9.18. The van der Waals surface area contributed by atoms with Gasteiger partial charge in [0.1, 0.15) is 0 Å². The van der Waals surface area contributed by atoms with E-state index in [0.29, 0.717) is 28.7 Å². The zero-order valence-electron chi connectivity index (χ0n) is 15.8. The molecule has 1 aromatic carbocycles. The fraction of sp³-hybridized carbons (Fsp3) is 0.368. The van der Waals surface area contributed by atoms with Crippen molar-refractivity contribution in [2.75, 3.05) is 5.43 Å². The maximum absolute atomic E-state index is 12.9. The summed E-state index contributed by atoms with van der Waals surface area (Å²) in [6.45, 7) is 0.330. The summed E-state index contributed by atoms with van der Waals surface area (Å²) in [7, 11) is 3.06. The lowest BCUT2D eigenvalue weighted by Crippen LogP contribution is -2.37. The molecule has 0 radical (unpaired) electrons. The second kappa shape index (κ2) is 7.27. The number of aryl methyl sites for hydroxylation is 1. The molecule has 9 heteroatoms. The number of rotatable bonds is 4. The van der Waals surface area contributed by atoms with Gasteiger partial charge in [-0.25, -0.2) is 10.2 Å². The van der Waals surface area contributed by atoms with Crippen LogP contribution in [-0.4, -0.2) is 24.4 Å². The molecule has 0 atom stereocenters. The van der Waals surface area contributed by atoms with Gasteiger partial charge in [0, 0.05) is 24.8 Å². The molecule has 0 saturated heterocycles. The Morgan fingerprint density at radius 2 is 1.86 bits per heavy atom. The highest BCUT2D eigenvalue weighted by Crippen LogP contribution is 2.22. The molecule has 3 aromatic rings. The number of fused-ring (bicyclic) bond motifs is 1. The average molecular weight is 401 g/mol. The smallest absolute Gasteiger partial charge is 0.298 e. The van der Waals surface area contributed by atoms with Crippen molar-refractivity contribution in [1.29, 1.82) is 0 Å². The van der Waals surface area contributed by atoms with Gasteiger partial charge in [-0.2, -0.15) is 10.1 Å².